The summed E-state index contributed by atoms with van der Waals surface area (Å²) in [6.45, 7) is 4.00. The first-order valence-electron chi connectivity index (χ1n) is 2.34. The van der Waals surface area contributed by atoms with Crippen molar-refractivity contribution in [1.82, 2.24) is 4.90 Å². The molecule has 0 unspecified atom stereocenters. The van der Waals surface area contributed by atoms with E-state index in [1.807, 2.05) is 39.9 Å². The quantitative estimate of drug-likeness (QED) is 0.579. The summed E-state index contributed by atoms with van der Waals surface area (Å²) in [4.78, 5) is 2.00. The van der Waals surface area contributed by atoms with Crippen LogP contribution >= 0.6 is 0 Å². The summed E-state index contributed by atoms with van der Waals surface area (Å²) in [5.41, 5.74) is 0. The molecule has 4 heteroatoms. The maximum absolute atomic E-state index is 2.00. The van der Waals surface area contributed by atoms with E-state index in [0.717, 1.165) is 0 Å². The Morgan fingerprint density at radius 3 is 0.667 bits per heavy atom. The largest absolute Gasteiger partial charge is 0.312 e. The van der Waals surface area contributed by atoms with E-state index >= 15 is 0 Å². The fourth-order valence-corrected chi connectivity index (χ4v) is 0. The Balaban J connectivity index is -0.00000000990. The fourth-order valence-electron chi connectivity index (χ4n) is 0. The minimum Gasteiger partial charge on any atom is -0.312 e. The van der Waals surface area contributed by atoms with Crippen LogP contribution in [0, 0.1) is 113 Å². The smallest absolute Gasteiger partial charge is 0 e. The predicted octanol–water partition coefficient (Wildman–Crippen LogP) is 1.20. The first-order valence-corrected chi connectivity index (χ1v) is 2.34. The monoisotopic (exact) mass is 209 g/mol. The molecular formula is C5H15Ar3N. The van der Waals surface area contributed by atoms with Crippen LogP contribution in [0.25, 0.3) is 0 Å². The summed E-state index contributed by atoms with van der Waals surface area (Å²) in [6.07, 6.45) is 0. The zero-order valence-electron chi connectivity index (χ0n) is 6.51. The molecule has 0 spiro atoms. The van der Waals surface area contributed by atoms with E-state index in [2.05, 4.69) is 0 Å². The molecule has 0 atom stereocenters. The Kier molecular flexibility index (Phi) is 97.1. The summed E-state index contributed by atoms with van der Waals surface area (Å²) in [5, 5.41) is 0. The summed E-state index contributed by atoms with van der Waals surface area (Å²) in [6, 6.07) is 0. The Morgan fingerprint density at radius 1 is 0.667 bits per heavy atom. The van der Waals surface area contributed by atoms with Gasteiger partial charge in [0.1, 0.15) is 0 Å². The molecule has 0 aliphatic rings. The van der Waals surface area contributed by atoms with Crippen molar-refractivity contribution in [2.75, 3.05) is 21.1 Å². The molecule has 0 aromatic heterocycles. The van der Waals surface area contributed by atoms with Gasteiger partial charge in [0.25, 0.3) is 0 Å². The minimum absolute atomic E-state index is 0. The molecular weight excluding hydrogens is 194 g/mol. The van der Waals surface area contributed by atoms with Crippen molar-refractivity contribution in [1.29, 1.82) is 0 Å². The van der Waals surface area contributed by atoms with E-state index in [1.165, 1.54) is 0 Å². The maximum Gasteiger partial charge on any atom is 0 e. The third-order valence-corrected chi connectivity index (χ3v) is 0. The van der Waals surface area contributed by atoms with Crippen molar-refractivity contribution in [3.05, 3.63) is 0 Å². The topological polar surface area (TPSA) is 3.24 Å². The Hall–Kier alpha value is 3.74. The van der Waals surface area contributed by atoms with E-state index in [0.29, 0.717) is 0 Å². The standard InChI is InChI=1S/C3H9N.C2H6.3Ar/c1-4(2)3;1-2;;;/h1-3H3;1-2H3;;;. The first kappa shape index (κ1) is 29.3. The van der Waals surface area contributed by atoms with Gasteiger partial charge in [-0.1, -0.05) is 13.8 Å². The number of rotatable bonds is 0. The second-order valence-corrected chi connectivity index (χ2v) is 1.34. The van der Waals surface area contributed by atoms with Gasteiger partial charge < -0.3 is 4.90 Å². The van der Waals surface area contributed by atoms with Crippen LogP contribution in [0.1, 0.15) is 13.8 Å². The van der Waals surface area contributed by atoms with Crippen LogP contribution in [-0.4, -0.2) is 26.0 Å². The normalized spacial score (nSPS) is 4.67. The van der Waals surface area contributed by atoms with Gasteiger partial charge in [-0.2, -0.15) is 0 Å². The van der Waals surface area contributed by atoms with E-state index in [-0.39, 0.29) is 113 Å². The molecule has 0 saturated heterocycles. The van der Waals surface area contributed by atoms with Gasteiger partial charge in [-0.05, 0) is 21.1 Å². The maximum atomic E-state index is 2.00. The van der Waals surface area contributed by atoms with Gasteiger partial charge in [-0.15, -0.1) is 0 Å². The second kappa shape index (κ2) is 29.8. The van der Waals surface area contributed by atoms with Crippen LogP contribution in [0.15, 0.2) is 0 Å². The number of hydrogen-bond donors (Lipinski definition) is 0. The third-order valence-electron chi connectivity index (χ3n) is 0. The molecule has 0 N–H and O–H groups in total. The van der Waals surface area contributed by atoms with Crippen molar-refractivity contribution in [3.63, 3.8) is 0 Å². The first-order chi connectivity index (χ1) is 2.73. The van der Waals surface area contributed by atoms with Crippen molar-refractivity contribution >= 4 is 0 Å². The van der Waals surface area contributed by atoms with Gasteiger partial charge >= 0.3 is 0 Å². The summed E-state index contributed by atoms with van der Waals surface area (Å²) >= 11 is 0. The van der Waals surface area contributed by atoms with E-state index in [1.54, 1.807) is 0 Å². The molecule has 1 nitrogen and oxygen atoms in total. The minimum atomic E-state index is 0. The summed E-state index contributed by atoms with van der Waals surface area (Å²) in [5.74, 6) is 0. The van der Waals surface area contributed by atoms with Crippen molar-refractivity contribution in [2.45, 2.75) is 13.8 Å². The average Bonchev–Trinajstić information content (AvgIpc) is 1.41. The van der Waals surface area contributed by atoms with Crippen molar-refractivity contribution in [3.8, 4) is 0 Å². The van der Waals surface area contributed by atoms with Crippen LogP contribution in [0.3, 0.4) is 0 Å². The van der Waals surface area contributed by atoms with Gasteiger partial charge in [0.05, 0.1) is 0 Å². The van der Waals surface area contributed by atoms with E-state index in [9.17, 15) is 0 Å². The second-order valence-electron chi connectivity index (χ2n) is 1.34. The molecule has 0 rings (SSSR count). The van der Waals surface area contributed by atoms with Gasteiger partial charge in [0.2, 0.25) is 0 Å². The van der Waals surface area contributed by atoms with Crippen LogP contribution in [0.4, 0.5) is 0 Å². The molecule has 0 bridgehead atoms. The molecule has 0 saturated carbocycles. The van der Waals surface area contributed by atoms with E-state index in [4.69, 9.17) is 0 Å². The zero-order chi connectivity index (χ0) is 5.58. The molecule has 0 fully saturated rings. The summed E-state index contributed by atoms with van der Waals surface area (Å²) < 4.78 is 0. The fraction of sp³-hybridized carbons (Fsp3) is 1.00. The van der Waals surface area contributed by atoms with E-state index < -0.39 is 0 Å². The Morgan fingerprint density at radius 2 is 0.667 bits per heavy atom. The average molecular weight is 209 g/mol. The number of nitrogens with zero attached hydrogens (tertiary/aromatic N) is 1. The molecule has 0 amide bonds. The molecule has 0 heterocycles. The molecule has 0 aliphatic carbocycles. The SMILES string of the molecule is CC.CN(C)C.[Ar].[Ar].[Ar]. The van der Waals surface area contributed by atoms with Crippen molar-refractivity contribution in [2.24, 2.45) is 0 Å². The van der Waals surface area contributed by atoms with Gasteiger partial charge in [-0.25, -0.2) is 0 Å². The zero-order valence-corrected chi connectivity index (χ0v) is 8.63. The Bertz CT molecular complexity index is 16.9. The molecule has 0 aromatic rings. The van der Waals surface area contributed by atoms with Crippen molar-refractivity contribution < 1.29 is 113 Å². The van der Waals surface area contributed by atoms with Crippen LogP contribution in [0.2, 0.25) is 0 Å². The third kappa shape index (κ3) is 79.6. The van der Waals surface area contributed by atoms with Crippen LogP contribution in [-0.2, 0) is 0 Å². The van der Waals surface area contributed by atoms with Gasteiger partial charge in [0.15, 0.2) is 0 Å². The predicted molar refractivity (Wildman–Crippen MR) is 31.0 cm³/mol. The Labute approximate surface area is 149 Å². The summed E-state index contributed by atoms with van der Waals surface area (Å²) in [7, 11) is 6.00. The molecule has 0 aliphatic heterocycles. The van der Waals surface area contributed by atoms with Gasteiger partial charge in [-0.3, -0.25) is 0 Å². The molecule has 0 aromatic carbocycles. The number of hydrogen-bond acceptors (Lipinski definition) is 1. The molecule has 64 valence electrons. The molecule has 0 radical (unpaired) electrons. The molecule has 9 heavy (non-hydrogen) atoms. The van der Waals surface area contributed by atoms with Gasteiger partial charge in [0, 0.05) is 113 Å². The van der Waals surface area contributed by atoms with Crippen LogP contribution in [0.5, 0.6) is 0 Å². The van der Waals surface area contributed by atoms with Crippen LogP contribution < -0.4 is 0 Å².